The van der Waals surface area contributed by atoms with E-state index in [0.29, 0.717) is 6.04 Å². The molecule has 0 spiro atoms. The maximum absolute atomic E-state index is 5.57. The SMILES string of the molecule is CCCC(C)CC(NC)C1CCCOC1. The minimum absolute atomic E-state index is 0.659. The molecule has 1 aliphatic heterocycles. The summed E-state index contributed by atoms with van der Waals surface area (Å²) in [7, 11) is 2.10. The standard InChI is InChI=1S/C13H27NO/c1-4-6-11(2)9-13(14-3)12-7-5-8-15-10-12/h11-14H,4-10H2,1-3H3. The highest BCUT2D eigenvalue weighted by Crippen LogP contribution is 2.23. The summed E-state index contributed by atoms with van der Waals surface area (Å²) in [4.78, 5) is 0. The number of rotatable bonds is 6. The first-order valence-corrected chi connectivity index (χ1v) is 6.53. The minimum Gasteiger partial charge on any atom is -0.381 e. The van der Waals surface area contributed by atoms with Crippen LogP contribution in [0.25, 0.3) is 0 Å². The molecule has 1 N–H and O–H groups in total. The second kappa shape index (κ2) is 7.24. The fourth-order valence-corrected chi connectivity index (χ4v) is 2.67. The van der Waals surface area contributed by atoms with E-state index >= 15 is 0 Å². The zero-order chi connectivity index (χ0) is 11.1. The van der Waals surface area contributed by atoms with E-state index < -0.39 is 0 Å². The molecule has 1 aliphatic rings. The van der Waals surface area contributed by atoms with E-state index in [0.717, 1.165) is 25.0 Å². The molecule has 1 rings (SSSR count). The molecular formula is C13H27NO. The topological polar surface area (TPSA) is 21.3 Å². The van der Waals surface area contributed by atoms with Crippen molar-refractivity contribution in [3.63, 3.8) is 0 Å². The van der Waals surface area contributed by atoms with E-state index in [1.807, 2.05) is 0 Å². The van der Waals surface area contributed by atoms with Crippen LogP contribution in [0.15, 0.2) is 0 Å². The molecule has 15 heavy (non-hydrogen) atoms. The minimum atomic E-state index is 0.659. The Morgan fingerprint density at radius 2 is 2.27 bits per heavy atom. The van der Waals surface area contributed by atoms with Crippen molar-refractivity contribution in [2.45, 2.75) is 52.0 Å². The lowest BCUT2D eigenvalue weighted by Crippen LogP contribution is -2.39. The molecule has 0 aromatic carbocycles. The highest BCUT2D eigenvalue weighted by atomic mass is 16.5. The largest absolute Gasteiger partial charge is 0.381 e. The van der Waals surface area contributed by atoms with E-state index in [1.165, 1.54) is 32.1 Å². The fraction of sp³-hybridized carbons (Fsp3) is 1.00. The Labute approximate surface area is 94.8 Å². The predicted molar refractivity (Wildman–Crippen MR) is 65.1 cm³/mol. The lowest BCUT2D eigenvalue weighted by molar-refractivity contribution is 0.0367. The maximum atomic E-state index is 5.57. The Morgan fingerprint density at radius 1 is 1.47 bits per heavy atom. The third kappa shape index (κ3) is 4.52. The molecule has 0 aromatic heterocycles. The first-order valence-electron chi connectivity index (χ1n) is 6.53. The Kier molecular flexibility index (Phi) is 6.26. The van der Waals surface area contributed by atoms with Crippen LogP contribution in [0.3, 0.4) is 0 Å². The van der Waals surface area contributed by atoms with Gasteiger partial charge in [0.2, 0.25) is 0 Å². The number of nitrogens with one attached hydrogen (secondary N) is 1. The second-order valence-corrected chi connectivity index (χ2v) is 5.00. The third-order valence-electron chi connectivity index (χ3n) is 3.57. The molecule has 2 nitrogen and oxygen atoms in total. The van der Waals surface area contributed by atoms with Gasteiger partial charge >= 0.3 is 0 Å². The highest BCUT2D eigenvalue weighted by molar-refractivity contribution is 4.78. The summed E-state index contributed by atoms with van der Waals surface area (Å²) in [6, 6.07) is 0.659. The van der Waals surface area contributed by atoms with Gasteiger partial charge in [0.25, 0.3) is 0 Å². The van der Waals surface area contributed by atoms with Crippen molar-refractivity contribution < 1.29 is 4.74 Å². The van der Waals surface area contributed by atoms with Crippen LogP contribution in [0.4, 0.5) is 0 Å². The van der Waals surface area contributed by atoms with E-state index in [-0.39, 0.29) is 0 Å². The quantitative estimate of drug-likeness (QED) is 0.732. The molecule has 2 heteroatoms. The van der Waals surface area contributed by atoms with Crippen molar-refractivity contribution in [1.82, 2.24) is 5.32 Å². The van der Waals surface area contributed by atoms with Gasteiger partial charge < -0.3 is 10.1 Å². The summed E-state index contributed by atoms with van der Waals surface area (Å²) < 4.78 is 5.57. The van der Waals surface area contributed by atoms with Crippen molar-refractivity contribution >= 4 is 0 Å². The molecule has 3 unspecified atom stereocenters. The molecule has 0 radical (unpaired) electrons. The Balaban J connectivity index is 2.32. The Hall–Kier alpha value is -0.0800. The van der Waals surface area contributed by atoms with Gasteiger partial charge in [0, 0.05) is 12.6 Å². The summed E-state index contributed by atoms with van der Waals surface area (Å²) in [5.41, 5.74) is 0. The molecule has 3 atom stereocenters. The van der Waals surface area contributed by atoms with Gasteiger partial charge in [-0.25, -0.2) is 0 Å². The summed E-state index contributed by atoms with van der Waals surface area (Å²) >= 11 is 0. The lowest BCUT2D eigenvalue weighted by atomic mass is 9.86. The molecule has 90 valence electrons. The molecule has 1 heterocycles. The van der Waals surface area contributed by atoms with Crippen LogP contribution in [-0.2, 0) is 4.74 Å². The first kappa shape index (κ1) is 13.0. The van der Waals surface area contributed by atoms with Gasteiger partial charge in [-0.05, 0) is 38.1 Å². The van der Waals surface area contributed by atoms with Crippen LogP contribution in [-0.4, -0.2) is 26.3 Å². The number of hydrogen-bond donors (Lipinski definition) is 1. The van der Waals surface area contributed by atoms with E-state index in [2.05, 4.69) is 26.2 Å². The lowest BCUT2D eigenvalue weighted by Gasteiger charge is -2.31. The zero-order valence-electron chi connectivity index (χ0n) is 10.6. The number of hydrogen-bond acceptors (Lipinski definition) is 2. The van der Waals surface area contributed by atoms with Crippen LogP contribution in [0, 0.1) is 11.8 Å². The Bertz CT molecular complexity index is 155. The van der Waals surface area contributed by atoms with Gasteiger partial charge in [0.1, 0.15) is 0 Å². The van der Waals surface area contributed by atoms with Crippen LogP contribution in [0.1, 0.15) is 46.0 Å². The van der Waals surface area contributed by atoms with E-state index in [4.69, 9.17) is 4.74 Å². The fourth-order valence-electron chi connectivity index (χ4n) is 2.67. The van der Waals surface area contributed by atoms with Gasteiger partial charge in [0.05, 0.1) is 6.61 Å². The average molecular weight is 213 g/mol. The van der Waals surface area contributed by atoms with Crippen molar-refractivity contribution in [3.8, 4) is 0 Å². The monoisotopic (exact) mass is 213 g/mol. The summed E-state index contributed by atoms with van der Waals surface area (Å²) in [5, 5.41) is 3.48. The molecule has 1 saturated heterocycles. The molecule has 0 aliphatic carbocycles. The highest BCUT2D eigenvalue weighted by Gasteiger charge is 2.24. The first-order chi connectivity index (χ1) is 7.27. The van der Waals surface area contributed by atoms with Gasteiger partial charge in [0.15, 0.2) is 0 Å². The van der Waals surface area contributed by atoms with E-state index in [1.54, 1.807) is 0 Å². The summed E-state index contributed by atoms with van der Waals surface area (Å²) in [6.45, 7) is 6.58. The molecule has 1 fully saturated rings. The summed E-state index contributed by atoms with van der Waals surface area (Å²) in [6.07, 6.45) is 6.54. The van der Waals surface area contributed by atoms with Crippen LogP contribution >= 0.6 is 0 Å². The van der Waals surface area contributed by atoms with Gasteiger partial charge in [-0.15, -0.1) is 0 Å². The zero-order valence-corrected chi connectivity index (χ0v) is 10.6. The molecule has 0 amide bonds. The van der Waals surface area contributed by atoms with E-state index in [9.17, 15) is 0 Å². The average Bonchev–Trinajstić information content (AvgIpc) is 2.27. The Morgan fingerprint density at radius 3 is 2.80 bits per heavy atom. The van der Waals surface area contributed by atoms with Crippen molar-refractivity contribution in [2.24, 2.45) is 11.8 Å². The van der Waals surface area contributed by atoms with Crippen LogP contribution in [0.2, 0.25) is 0 Å². The molecule has 0 saturated carbocycles. The molecule has 0 bridgehead atoms. The maximum Gasteiger partial charge on any atom is 0.0509 e. The molecule has 0 aromatic rings. The second-order valence-electron chi connectivity index (χ2n) is 5.00. The predicted octanol–water partition coefficient (Wildman–Crippen LogP) is 2.83. The normalized spacial score (nSPS) is 26.2. The number of ether oxygens (including phenoxy) is 1. The van der Waals surface area contributed by atoms with Crippen LogP contribution in [0.5, 0.6) is 0 Å². The summed E-state index contributed by atoms with van der Waals surface area (Å²) in [5.74, 6) is 1.58. The van der Waals surface area contributed by atoms with Crippen molar-refractivity contribution in [1.29, 1.82) is 0 Å². The molecular weight excluding hydrogens is 186 g/mol. The van der Waals surface area contributed by atoms with Crippen molar-refractivity contribution in [3.05, 3.63) is 0 Å². The van der Waals surface area contributed by atoms with Crippen molar-refractivity contribution in [2.75, 3.05) is 20.3 Å². The van der Waals surface area contributed by atoms with Gasteiger partial charge in [-0.3, -0.25) is 0 Å². The smallest absolute Gasteiger partial charge is 0.0509 e. The van der Waals surface area contributed by atoms with Gasteiger partial charge in [-0.1, -0.05) is 26.7 Å². The third-order valence-corrected chi connectivity index (χ3v) is 3.57. The van der Waals surface area contributed by atoms with Gasteiger partial charge in [-0.2, -0.15) is 0 Å². The van der Waals surface area contributed by atoms with Crippen LogP contribution < -0.4 is 5.32 Å².